The molecule has 11 heteroatoms. The molecule has 0 unspecified atom stereocenters. The van der Waals surface area contributed by atoms with Crippen LogP contribution in [0.25, 0.3) is 11.1 Å². The second kappa shape index (κ2) is 9.65. The summed E-state index contributed by atoms with van der Waals surface area (Å²) >= 11 is 0. The number of benzene rings is 1. The Kier molecular flexibility index (Phi) is 6.68. The van der Waals surface area contributed by atoms with Gasteiger partial charge in [0.1, 0.15) is 0 Å². The highest BCUT2D eigenvalue weighted by molar-refractivity contribution is 5.90. The second-order valence-electron chi connectivity index (χ2n) is 8.28. The van der Waals surface area contributed by atoms with Crippen molar-refractivity contribution in [2.75, 3.05) is 32.8 Å². The number of carboxylic acid groups (broad SMARTS) is 1. The summed E-state index contributed by atoms with van der Waals surface area (Å²) in [5, 5.41) is 18.6. The summed E-state index contributed by atoms with van der Waals surface area (Å²) in [5.41, 5.74) is 0.529. The number of hydrogen-bond donors (Lipinski definition) is 2. The van der Waals surface area contributed by atoms with Gasteiger partial charge in [0.2, 0.25) is 5.82 Å². The summed E-state index contributed by atoms with van der Waals surface area (Å²) in [7, 11) is 0. The van der Waals surface area contributed by atoms with E-state index in [-0.39, 0.29) is 30.5 Å². The number of ether oxygens (including phenoxy) is 1. The zero-order valence-electron chi connectivity index (χ0n) is 17.8. The molecule has 2 saturated heterocycles. The van der Waals surface area contributed by atoms with E-state index in [4.69, 9.17) is 9.84 Å². The SMILES string of the molecule is O=C(O)N1CCC(COc2c(F)cc(-c3cnc(C(=O)N4CC[C@H](O)C4)nc3)cc2F)CC1. The predicted octanol–water partition coefficient (Wildman–Crippen LogP) is 2.40. The molecule has 2 aliphatic rings. The first-order valence-corrected chi connectivity index (χ1v) is 10.7. The van der Waals surface area contributed by atoms with Crippen molar-refractivity contribution in [1.29, 1.82) is 0 Å². The third-order valence-electron chi connectivity index (χ3n) is 5.97. The lowest BCUT2D eigenvalue weighted by Crippen LogP contribution is -2.38. The number of carbonyl (C=O) groups excluding carboxylic acids is 1. The van der Waals surface area contributed by atoms with Crippen LogP contribution in [-0.4, -0.2) is 80.9 Å². The minimum atomic E-state index is -0.974. The van der Waals surface area contributed by atoms with Gasteiger partial charge in [0.15, 0.2) is 17.4 Å². The molecule has 0 spiro atoms. The van der Waals surface area contributed by atoms with Crippen molar-refractivity contribution in [3.63, 3.8) is 0 Å². The quantitative estimate of drug-likeness (QED) is 0.701. The maximum atomic E-state index is 14.6. The number of halogens is 2. The van der Waals surface area contributed by atoms with Crippen LogP contribution in [0.1, 0.15) is 29.9 Å². The first-order chi connectivity index (χ1) is 15.8. The Hall–Kier alpha value is -3.34. The van der Waals surface area contributed by atoms with Gasteiger partial charge in [0, 0.05) is 44.1 Å². The van der Waals surface area contributed by atoms with Crippen LogP contribution in [0.5, 0.6) is 5.75 Å². The Morgan fingerprint density at radius 3 is 2.15 bits per heavy atom. The molecule has 0 aliphatic carbocycles. The molecule has 1 atom stereocenters. The molecular weight excluding hydrogens is 438 g/mol. The third kappa shape index (κ3) is 5.19. The van der Waals surface area contributed by atoms with Crippen LogP contribution in [0.4, 0.5) is 13.6 Å². The number of aromatic nitrogens is 2. The number of hydrogen-bond acceptors (Lipinski definition) is 6. The number of amides is 2. The van der Waals surface area contributed by atoms with Gasteiger partial charge in [-0.05, 0) is 42.9 Å². The molecular formula is C22H24F2N4O5. The molecule has 1 aromatic carbocycles. The maximum Gasteiger partial charge on any atom is 0.407 e. The summed E-state index contributed by atoms with van der Waals surface area (Å²) in [6.07, 6.45) is 2.72. The summed E-state index contributed by atoms with van der Waals surface area (Å²) in [4.78, 5) is 34.1. The highest BCUT2D eigenvalue weighted by atomic mass is 19.1. The smallest absolute Gasteiger partial charge is 0.407 e. The van der Waals surface area contributed by atoms with Gasteiger partial charge in [-0.25, -0.2) is 23.5 Å². The Bertz CT molecular complexity index is 1000. The van der Waals surface area contributed by atoms with Crippen molar-refractivity contribution in [2.45, 2.75) is 25.4 Å². The number of β-amino-alcohol motifs (C(OH)–C–C–N with tert-alkyl or cyclic N) is 1. The number of aliphatic hydroxyl groups is 1. The van der Waals surface area contributed by atoms with Crippen LogP contribution < -0.4 is 4.74 Å². The van der Waals surface area contributed by atoms with E-state index in [1.54, 1.807) is 0 Å². The molecule has 1 aromatic heterocycles. The Morgan fingerprint density at radius 1 is 1.00 bits per heavy atom. The van der Waals surface area contributed by atoms with E-state index in [0.717, 1.165) is 12.1 Å². The fourth-order valence-corrected chi connectivity index (χ4v) is 4.01. The van der Waals surface area contributed by atoms with Crippen LogP contribution in [0, 0.1) is 17.6 Å². The lowest BCUT2D eigenvalue weighted by atomic mass is 9.98. The largest absolute Gasteiger partial charge is 0.487 e. The van der Waals surface area contributed by atoms with E-state index in [9.17, 15) is 23.5 Å². The van der Waals surface area contributed by atoms with Crippen LogP contribution in [-0.2, 0) is 0 Å². The zero-order chi connectivity index (χ0) is 23.5. The minimum absolute atomic E-state index is 0.00859. The van der Waals surface area contributed by atoms with E-state index in [2.05, 4.69) is 9.97 Å². The summed E-state index contributed by atoms with van der Waals surface area (Å²) in [6, 6.07) is 2.23. The molecule has 3 heterocycles. The number of rotatable bonds is 5. The summed E-state index contributed by atoms with van der Waals surface area (Å²) < 4.78 is 34.6. The van der Waals surface area contributed by atoms with Gasteiger partial charge >= 0.3 is 6.09 Å². The zero-order valence-corrected chi connectivity index (χ0v) is 17.8. The number of carbonyl (C=O) groups is 2. The van der Waals surface area contributed by atoms with Crippen molar-refractivity contribution in [2.24, 2.45) is 5.92 Å². The fourth-order valence-electron chi connectivity index (χ4n) is 4.01. The highest BCUT2D eigenvalue weighted by Crippen LogP contribution is 2.30. The van der Waals surface area contributed by atoms with Gasteiger partial charge in [0.05, 0.1) is 12.7 Å². The van der Waals surface area contributed by atoms with Crippen molar-refractivity contribution < 1.29 is 33.3 Å². The molecule has 4 rings (SSSR count). The van der Waals surface area contributed by atoms with Crippen LogP contribution in [0.3, 0.4) is 0 Å². The monoisotopic (exact) mass is 462 g/mol. The van der Waals surface area contributed by atoms with E-state index in [1.165, 1.54) is 22.2 Å². The lowest BCUT2D eigenvalue weighted by Gasteiger charge is -2.29. The third-order valence-corrected chi connectivity index (χ3v) is 5.97. The summed E-state index contributed by atoms with van der Waals surface area (Å²) in [5.74, 6) is -2.69. The first kappa shape index (κ1) is 22.8. The van der Waals surface area contributed by atoms with E-state index < -0.39 is 35.5 Å². The van der Waals surface area contributed by atoms with Gasteiger partial charge in [-0.3, -0.25) is 4.79 Å². The number of piperidine rings is 1. The van der Waals surface area contributed by atoms with E-state index in [0.29, 0.717) is 44.5 Å². The maximum absolute atomic E-state index is 14.6. The van der Waals surface area contributed by atoms with Gasteiger partial charge in [-0.15, -0.1) is 0 Å². The molecule has 2 amide bonds. The van der Waals surface area contributed by atoms with Crippen molar-refractivity contribution in [3.05, 3.63) is 42.0 Å². The normalized spacial score (nSPS) is 19.1. The van der Waals surface area contributed by atoms with Gasteiger partial charge in [-0.1, -0.05) is 0 Å². The van der Waals surface area contributed by atoms with Crippen LogP contribution in [0.15, 0.2) is 24.5 Å². The molecule has 2 N–H and O–H groups in total. The Morgan fingerprint density at radius 2 is 1.61 bits per heavy atom. The van der Waals surface area contributed by atoms with Crippen LogP contribution in [0.2, 0.25) is 0 Å². The average molecular weight is 462 g/mol. The number of nitrogens with zero attached hydrogens (tertiary/aromatic N) is 4. The molecule has 176 valence electrons. The molecule has 0 bridgehead atoms. The first-order valence-electron chi connectivity index (χ1n) is 10.7. The topological polar surface area (TPSA) is 116 Å². The fraction of sp³-hybridized carbons (Fsp3) is 0.455. The summed E-state index contributed by atoms with van der Waals surface area (Å²) in [6.45, 7) is 1.46. The Balaban J connectivity index is 1.39. The molecule has 2 aliphatic heterocycles. The molecule has 0 radical (unpaired) electrons. The average Bonchev–Trinajstić information content (AvgIpc) is 3.24. The van der Waals surface area contributed by atoms with Gasteiger partial charge in [0.25, 0.3) is 5.91 Å². The van der Waals surface area contributed by atoms with Crippen molar-refractivity contribution >= 4 is 12.0 Å². The highest BCUT2D eigenvalue weighted by Gasteiger charge is 2.27. The van der Waals surface area contributed by atoms with Crippen molar-refractivity contribution in [1.82, 2.24) is 19.8 Å². The number of likely N-dealkylation sites (tertiary alicyclic amines) is 2. The van der Waals surface area contributed by atoms with Crippen LogP contribution >= 0.6 is 0 Å². The molecule has 33 heavy (non-hydrogen) atoms. The van der Waals surface area contributed by atoms with E-state index >= 15 is 0 Å². The van der Waals surface area contributed by atoms with E-state index in [1.807, 2.05) is 0 Å². The minimum Gasteiger partial charge on any atom is -0.487 e. The van der Waals surface area contributed by atoms with Gasteiger partial charge < -0.3 is 24.7 Å². The number of aliphatic hydroxyl groups excluding tert-OH is 1. The van der Waals surface area contributed by atoms with Gasteiger partial charge in [-0.2, -0.15) is 0 Å². The standard InChI is InChI=1S/C22H24F2N4O5/c23-17-7-14(15-9-25-20(26-10-15)21(30)28-6-3-16(29)11-28)8-18(24)19(17)33-12-13-1-4-27(5-2-13)22(31)32/h7-10,13,16,29H,1-6,11-12H2,(H,31,32)/t16-/m0/s1. The lowest BCUT2D eigenvalue weighted by molar-refractivity contribution is 0.0753. The second-order valence-corrected chi connectivity index (χ2v) is 8.28. The predicted molar refractivity (Wildman–Crippen MR) is 112 cm³/mol. The molecule has 9 nitrogen and oxygen atoms in total. The molecule has 2 aromatic rings. The molecule has 0 saturated carbocycles. The molecule has 2 fully saturated rings. The van der Waals surface area contributed by atoms with Crippen molar-refractivity contribution in [3.8, 4) is 16.9 Å². The Labute approximate surface area is 188 Å².